The molecule has 5 heteroatoms. The average molecular weight is 343 g/mol. The second kappa shape index (κ2) is 7.66. The van der Waals surface area contributed by atoms with Crippen LogP contribution in [0.2, 0.25) is 0 Å². The second-order valence-corrected chi connectivity index (χ2v) is 6.12. The summed E-state index contributed by atoms with van der Waals surface area (Å²) in [5, 5.41) is 3.15. The van der Waals surface area contributed by atoms with Crippen molar-refractivity contribution in [2.24, 2.45) is 0 Å². The summed E-state index contributed by atoms with van der Waals surface area (Å²) in [6.07, 6.45) is 9.66. The van der Waals surface area contributed by atoms with Gasteiger partial charge >= 0.3 is 0 Å². The second-order valence-electron chi connectivity index (χ2n) is 6.12. The van der Waals surface area contributed by atoms with E-state index in [1.807, 2.05) is 25.3 Å². The van der Waals surface area contributed by atoms with E-state index in [9.17, 15) is 9.18 Å². The molecule has 1 aliphatic carbocycles. The zero-order chi connectivity index (χ0) is 17.8. The Balaban J connectivity index is 1.90. The van der Waals surface area contributed by atoms with Gasteiger partial charge in [0.25, 0.3) is 0 Å². The minimum Gasteiger partial charge on any atom is -0.491 e. The van der Waals surface area contributed by atoms with Crippen molar-refractivity contribution in [3.05, 3.63) is 59.1 Å². The Kier molecular flexibility index (Phi) is 5.34. The first-order chi connectivity index (χ1) is 12.1. The number of allylic oxidation sites excluding steroid dienone is 3. The van der Waals surface area contributed by atoms with Crippen LogP contribution in [0.5, 0.6) is 5.75 Å². The molecule has 0 bridgehead atoms. The van der Waals surface area contributed by atoms with Gasteiger partial charge in [0.1, 0.15) is 11.6 Å². The number of ether oxygens (including phenoxy) is 2. The number of carbonyl (C=O) groups is 1. The number of carbonyl (C=O) groups excluding carboxylic acids is 1. The number of fused-ring (bicyclic) bond motifs is 1. The molecule has 1 aromatic rings. The van der Waals surface area contributed by atoms with E-state index in [0.717, 1.165) is 24.0 Å². The molecule has 1 N–H and O–H groups in total. The molecule has 0 aromatic heterocycles. The molecule has 1 aromatic carbocycles. The van der Waals surface area contributed by atoms with Crippen LogP contribution in [0.1, 0.15) is 36.5 Å². The van der Waals surface area contributed by atoms with Gasteiger partial charge in [-0.05, 0) is 30.1 Å². The molecular weight excluding hydrogens is 321 g/mol. The molecule has 1 heterocycles. The zero-order valence-corrected chi connectivity index (χ0v) is 14.5. The first kappa shape index (κ1) is 17.4. The minimum atomic E-state index is -0.469. The molecule has 2 aliphatic rings. The van der Waals surface area contributed by atoms with Gasteiger partial charge in [0.2, 0.25) is 0 Å². The lowest BCUT2D eigenvalue weighted by molar-refractivity contribution is 0.0994. The maximum atomic E-state index is 13.9. The Hall–Kier alpha value is -2.40. The van der Waals surface area contributed by atoms with E-state index in [-0.39, 0.29) is 18.3 Å². The van der Waals surface area contributed by atoms with Gasteiger partial charge in [-0.1, -0.05) is 25.2 Å². The Morgan fingerprint density at radius 1 is 1.36 bits per heavy atom. The fourth-order valence-electron chi connectivity index (χ4n) is 2.95. The van der Waals surface area contributed by atoms with Gasteiger partial charge in [0, 0.05) is 31.4 Å². The summed E-state index contributed by atoms with van der Waals surface area (Å²) >= 11 is 0. The molecule has 1 atom stereocenters. The monoisotopic (exact) mass is 343 g/mol. The van der Waals surface area contributed by atoms with E-state index in [2.05, 4.69) is 11.4 Å². The molecule has 0 amide bonds. The van der Waals surface area contributed by atoms with Crippen LogP contribution in [0.25, 0.3) is 0 Å². The van der Waals surface area contributed by atoms with Crippen molar-refractivity contribution in [3.8, 4) is 5.75 Å². The van der Waals surface area contributed by atoms with Crippen molar-refractivity contribution in [1.29, 1.82) is 0 Å². The first-order valence-electron chi connectivity index (χ1n) is 8.49. The molecule has 0 fully saturated rings. The molecule has 25 heavy (non-hydrogen) atoms. The Labute approximate surface area is 147 Å². The molecule has 4 nitrogen and oxygen atoms in total. The predicted molar refractivity (Wildman–Crippen MR) is 95.5 cm³/mol. The maximum Gasteiger partial charge on any atom is 0.169 e. The third-order valence-corrected chi connectivity index (χ3v) is 4.30. The van der Waals surface area contributed by atoms with Gasteiger partial charge in [-0.3, -0.25) is 4.79 Å². The number of halogens is 1. The molecular formula is C20H22FNO3. The first-order valence-corrected chi connectivity index (χ1v) is 8.49. The summed E-state index contributed by atoms with van der Waals surface area (Å²) in [7, 11) is 1.67. The Morgan fingerprint density at radius 2 is 2.20 bits per heavy atom. The molecule has 132 valence electrons. The number of anilines is 1. The number of Topliss-reactive ketones (excluding diaryl/α,β-unsaturated/α-hetero) is 1. The summed E-state index contributed by atoms with van der Waals surface area (Å²) in [4.78, 5) is 12.7. The van der Waals surface area contributed by atoms with Gasteiger partial charge in [0.05, 0.1) is 18.4 Å². The number of methoxy groups -OCH3 is 1. The summed E-state index contributed by atoms with van der Waals surface area (Å²) in [5.74, 6) is -0.228. The van der Waals surface area contributed by atoms with Crippen molar-refractivity contribution in [3.63, 3.8) is 0 Å². The van der Waals surface area contributed by atoms with E-state index in [0.29, 0.717) is 23.6 Å². The highest BCUT2D eigenvalue weighted by Gasteiger charge is 2.23. The summed E-state index contributed by atoms with van der Waals surface area (Å²) in [5.41, 5.74) is 2.71. The highest BCUT2D eigenvalue weighted by molar-refractivity contribution is 6.05. The van der Waals surface area contributed by atoms with Crippen molar-refractivity contribution in [2.75, 3.05) is 19.0 Å². The minimum absolute atomic E-state index is 0.0686. The number of rotatable bonds is 5. The normalized spacial score (nSPS) is 19.5. The number of nitrogens with one attached hydrogen (secondary N) is 1. The van der Waals surface area contributed by atoms with E-state index >= 15 is 0 Å². The topological polar surface area (TPSA) is 47.6 Å². The van der Waals surface area contributed by atoms with E-state index in [1.54, 1.807) is 7.11 Å². The lowest BCUT2D eigenvalue weighted by atomic mass is 9.94. The van der Waals surface area contributed by atoms with E-state index < -0.39 is 5.82 Å². The average Bonchev–Trinajstić information content (AvgIpc) is 2.79. The third-order valence-electron chi connectivity index (χ3n) is 4.30. The largest absolute Gasteiger partial charge is 0.491 e. The van der Waals surface area contributed by atoms with Crippen molar-refractivity contribution in [2.45, 2.75) is 32.3 Å². The number of ketones is 1. The zero-order valence-electron chi connectivity index (χ0n) is 14.5. The van der Waals surface area contributed by atoms with Crippen molar-refractivity contribution in [1.82, 2.24) is 0 Å². The van der Waals surface area contributed by atoms with Crippen LogP contribution in [-0.4, -0.2) is 25.6 Å². The highest BCUT2D eigenvalue weighted by atomic mass is 19.1. The van der Waals surface area contributed by atoms with Crippen molar-refractivity contribution >= 4 is 11.5 Å². The van der Waals surface area contributed by atoms with Crippen molar-refractivity contribution < 1.29 is 18.7 Å². The van der Waals surface area contributed by atoms with Gasteiger partial charge in [-0.15, -0.1) is 0 Å². The predicted octanol–water partition coefficient (Wildman–Crippen LogP) is 4.40. The summed E-state index contributed by atoms with van der Waals surface area (Å²) in [6, 6.07) is 2.59. The van der Waals surface area contributed by atoms with Crippen LogP contribution < -0.4 is 10.1 Å². The van der Waals surface area contributed by atoms with Crippen LogP contribution in [0.15, 0.2) is 47.7 Å². The van der Waals surface area contributed by atoms with Gasteiger partial charge < -0.3 is 14.8 Å². The van der Waals surface area contributed by atoms with Gasteiger partial charge in [-0.2, -0.15) is 0 Å². The summed E-state index contributed by atoms with van der Waals surface area (Å²) < 4.78 is 24.8. The quantitative estimate of drug-likeness (QED) is 0.861. The molecule has 3 rings (SSSR count). The Morgan fingerprint density at radius 3 is 2.88 bits per heavy atom. The van der Waals surface area contributed by atoms with E-state index in [4.69, 9.17) is 9.47 Å². The number of benzene rings is 1. The SMILES string of the molecule is CCCOc1cc(F)cc2c1NC=C(C1=CCC(OC)C=C1)CC2=O. The fourth-order valence-corrected chi connectivity index (χ4v) is 2.95. The van der Waals surface area contributed by atoms with Crippen LogP contribution in [0, 0.1) is 5.82 Å². The molecule has 0 saturated carbocycles. The van der Waals surface area contributed by atoms with Crippen LogP contribution >= 0.6 is 0 Å². The van der Waals surface area contributed by atoms with Gasteiger partial charge in [0.15, 0.2) is 5.78 Å². The molecule has 0 spiro atoms. The maximum absolute atomic E-state index is 13.9. The molecule has 1 unspecified atom stereocenters. The number of hydrogen-bond donors (Lipinski definition) is 1. The lowest BCUT2D eigenvalue weighted by Crippen LogP contribution is -2.10. The fraction of sp³-hybridized carbons (Fsp3) is 0.350. The van der Waals surface area contributed by atoms with Crippen LogP contribution in [0.3, 0.4) is 0 Å². The van der Waals surface area contributed by atoms with Crippen LogP contribution in [0.4, 0.5) is 10.1 Å². The Bertz CT molecular complexity index is 764. The number of hydrogen-bond acceptors (Lipinski definition) is 4. The highest BCUT2D eigenvalue weighted by Crippen LogP contribution is 2.35. The summed E-state index contributed by atoms with van der Waals surface area (Å²) in [6.45, 7) is 2.44. The van der Waals surface area contributed by atoms with E-state index in [1.165, 1.54) is 12.1 Å². The smallest absolute Gasteiger partial charge is 0.169 e. The molecule has 1 aliphatic heterocycles. The standard InChI is InChI=1S/C20H22FNO3/c1-3-8-25-19-11-15(21)10-17-18(23)9-14(12-22-20(17)19)13-4-6-16(24-2)7-5-13/h4-6,10-12,16,22H,3,7-9H2,1-2H3. The molecule has 0 saturated heterocycles. The lowest BCUT2D eigenvalue weighted by Gasteiger charge is -2.15. The third kappa shape index (κ3) is 3.82. The molecule has 0 radical (unpaired) electrons. The van der Waals surface area contributed by atoms with Crippen LogP contribution in [-0.2, 0) is 4.74 Å². The van der Waals surface area contributed by atoms with Gasteiger partial charge in [-0.25, -0.2) is 4.39 Å².